The number of hydrogen-bond acceptors (Lipinski definition) is 3. The number of aryl methyl sites for hydroxylation is 3. The van der Waals surface area contributed by atoms with Crippen LogP contribution in [0.4, 0.5) is 5.69 Å². The molecule has 0 aliphatic carbocycles. The standard InChI is InChI=1S/C21H25BrN2O3S/c1-14-11-15(2)20(16(3)12-14)28(26,27)24-9-7-17(8-10-24)21(25)23-19-6-4-5-18(22)13-19/h4-6,11-13,17H,7-10H2,1-3H3,(H,23,25). The third-order valence-corrected chi connectivity index (χ3v) is 7.82. The van der Waals surface area contributed by atoms with Crippen molar-refractivity contribution in [3.8, 4) is 0 Å². The molecule has 1 amide bonds. The number of benzene rings is 2. The van der Waals surface area contributed by atoms with E-state index in [0.29, 0.717) is 30.8 Å². The van der Waals surface area contributed by atoms with Gasteiger partial charge in [-0.1, -0.05) is 39.7 Å². The van der Waals surface area contributed by atoms with Crippen LogP contribution in [0.3, 0.4) is 0 Å². The van der Waals surface area contributed by atoms with Gasteiger partial charge in [0.1, 0.15) is 0 Å². The summed E-state index contributed by atoms with van der Waals surface area (Å²) < 4.78 is 28.7. The normalized spacial score (nSPS) is 16.1. The summed E-state index contributed by atoms with van der Waals surface area (Å²) in [6.07, 6.45) is 1.03. The average Bonchev–Trinajstić information content (AvgIpc) is 2.60. The molecule has 0 unspecified atom stereocenters. The van der Waals surface area contributed by atoms with Gasteiger partial charge in [-0.05, 0) is 62.9 Å². The summed E-state index contributed by atoms with van der Waals surface area (Å²) in [5.41, 5.74) is 3.33. The number of anilines is 1. The minimum absolute atomic E-state index is 0.0576. The van der Waals surface area contributed by atoms with Crippen molar-refractivity contribution in [2.45, 2.75) is 38.5 Å². The number of piperidine rings is 1. The van der Waals surface area contributed by atoms with Crippen molar-refractivity contribution in [1.82, 2.24) is 4.31 Å². The maximum atomic E-state index is 13.2. The Morgan fingerprint density at radius 3 is 2.25 bits per heavy atom. The van der Waals surface area contributed by atoms with Crippen LogP contribution in [0.15, 0.2) is 45.8 Å². The largest absolute Gasteiger partial charge is 0.326 e. The second-order valence-corrected chi connectivity index (χ2v) is 10.2. The van der Waals surface area contributed by atoms with E-state index in [1.54, 1.807) is 0 Å². The second-order valence-electron chi connectivity index (χ2n) is 7.41. The van der Waals surface area contributed by atoms with Gasteiger partial charge in [0.25, 0.3) is 0 Å². The van der Waals surface area contributed by atoms with E-state index in [4.69, 9.17) is 0 Å². The zero-order valence-corrected chi connectivity index (χ0v) is 18.7. The summed E-state index contributed by atoms with van der Waals surface area (Å²) >= 11 is 3.39. The highest BCUT2D eigenvalue weighted by Crippen LogP contribution is 2.29. The number of hydrogen-bond donors (Lipinski definition) is 1. The zero-order chi connectivity index (χ0) is 20.5. The summed E-state index contributed by atoms with van der Waals surface area (Å²) in [5.74, 6) is -0.247. The van der Waals surface area contributed by atoms with Crippen molar-refractivity contribution in [3.05, 3.63) is 57.6 Å². The second kappa shape index (κ2) is 8.35. The third kappa shape index (κ3) is 4.47. The first-order valence-corrected chi connectivity index (χ1v) is 11.6. The predicted molar refractivity (Wildman–Crippen MR) is 115 cm³/mol. The first-order valence-electron chi connectivity index (χ1n) is 9.33. The fraction of sp³-hybridized carbons (Fsp3) is 0.381. The molecule has 0 radical (unpaired) electrons. The lowest BCUT2D eigenvalue weighted by atomic mass is 9.97. The fourth-order valence-corrected chi connectivity index (χ4v) is 6.15. The topological polar surface area (TPSA) is 66.5 Å². The summed E-state index contributed by atoms with van der Waals surface area (Å²) in [5, 5.41) is 2.93. The highest BCUT2D eigenvalue weighted by atomic mass is 79.9. The molecule has 3 rings (SSSR count). The van der Waals surface area contributed by atoms with Gasteiger partial charge >= 0.3 is 0 Å². The molecule has 0 aromatic heterocycles. The van der Waals surface area contributed by atoms with E-state index in [1.165, 1.54) is 4.31 Å². The van der Waals surface area contributed by atoms with Crippen molar-refractivity contribution >= 4 is 37.5 Å². The van der Waals surface area contributed by atoms with Gasteiger partial charge < -0.3 is 5.32 Å². The first-order chi connectivity index (χ1) is 13.2. The number of carbonyl (C=O) groups is 1. The van der Waals surface area contributed by atoms with Crippen molar-refractivity contribution in [2.75, 3.05) is 18.4 Å². The third-order valence-electron chi connectivity index (χ3n) is 5.12. The van der Waals surface area contributed by atoms with Crippen LogP contribution in [-0.2, 0) is 14.8 Å². The molecule has 1 N–H and O–H groups in total. The predicted octanol–water partition coefficient (Wildman–Crippen LogP) is 4.41. The zero-order valence-electron chi connectivity index (χ0n) is 16.3. The number of rotatable bonds is 4. The molecule has 2 aromatic rings. The smallest absolute Gasteiger partial charge is 0.243 e. The lowest BCUT2D eigenvalue weighted by Gasteiger charge is -2.31. The quantitative estimate of drug-likeness (QED) is 0.728. The van der Waals surface area contributed by atoms with Crippen LogP contribution in [0.2, 0.25) is 0 Å². The monoisotopic (exact) mass is 464 g/mol. The summed E-state index contributed by atoms with van der Waals surface area (Å²) in [4.78, 5) is 13.0. The van der Waals surface area contributed by atoms with Crippen molar-refractivity contribution in [1.29, 1.82) is 0 Å². The lowest BCUT2D eigenvalue weighted by molar-refractivity contribution is -0.120. The van der Waals surface area contributed by atoms with Gasteiger partial charge in [-0.15, -0.1) is 0 Å². The molecule has 1 heterocycles. The summed E-state index contributed by atoms with van der Waals surface area (Å²) in [7, 11) is -3.56. The van der Waals surface area contributed by atoms with Crippen LogP contribution in [0.25, 0.3) is 0 Å². The minimum Gasteiger partial charge on any atom is -0.326 e. The average molecular weight is 465 g/mol. The number of sulfonamides is 1. The van der Waals surface area contributed by atoms with Crippen molar-refractivity contribution < 1.29 is 13.2 Å². The Labute approximate surface area is 175 Å². The van der Waals surface area contributed by atoms with E-state index in [-0.39, 0.29) is 11.8 Å². The molecule has 1 saturated heterocycles. The Balaban J connectivity index is 1.69. The molecule has 7 heteroatoms. The lowest BCUT2D eigenvalue weighted by Crippen LogP contribution is -2.41. The number of halogens is 1. The maximum absolute atomic E-state index is 13.2. The number of nitrogens with one attached hydrogen (secondary N) is 1. The molecule has 2 aromatic carbocycles. The number of carbonyl (C=O) groups excluding carboxylic acids is 1. The van der Waals surface area contributed by atoms with Gasteiger partial charge in [-0.3, -0.25) is 4.79 Å². The van der Waals surface area contributed by atoms with Gasteiger partial charge in [0.15, 0.2) is 0 Å². The Morgan fingerprint density at radius 2 is 1.68 bits per heavy atom. The molecule has 1 aliphatic rings. The van der Waals surface area contributed by atoms with E-state index in [9.17, 15) is 13.2 Å². The summed E-state index contributed by atoms with van der Waals surface area (Å²) in [6, 6.07) is 11.2. The van der Waals surface area contributed by atoms with Gasteiger partial charge in [0.2, 0.25) is 15.9 Å². The molecule has 5 nitrogen and oxygen atoms in total. The molecule has 28 heavy (non-hydrogen) atoms. The van der Waals surface area contributed by atoms with Gasteiger partial charge in [0.05, 0.1) is 4.90 Å². The Kier molecular flexibility index (Phi) is 6.27. The van der Waals surface area contributed by atoms with E-state index in [0.717, 1.165) is 26.9 Å². The Morgan fingerprint density at radius 1 is 1.07 bits per heavy atom. The summed E-state index contributed by atoms with van der Waals surface area (Å²) in [6.45, 7) is 6.35. The van der Waals surface area contributed by atoms with Crippen LogP contribution < -0.4 is 5.32 Å². The molecular weight excluding hydrogens is 440 g/mol. The van der Waals surface area contributed by atoms with Crippen LogP contribution in [0, 0.1) is 26.7 Å². The van der Waals surface area contributed by atoms with Gasteiger partial charge in [0, 0.05) is 29.2 Å². The molecule has 150 valence electrons. The molecule has 0 atom stereocenters. The van der Waals surface area contributed by atoms with Crippen LogP contribution in [0.1, 0.15) is 29.5 Å². The molecule has 0 spiro atoms. The van der Waals surface area contributed by atoms with Crippen LogP contribution >= 0.6 is 15.9 Å². The van der Waals surface area contributed by atoms with E-state index >= 15 is 0 Å². The highest BCUT2D eigenvalue weighted by molar-refractivity contribution is 9.10. The first kappa shape index (κ1) is 21.0. The van der Waals surface area contributed by atoms with E-state index < -0.39 is 10.0 Å². The van der Waals surface area contributed by atoms with Gasteiger partial charge in [-0.25, -0.2) is 8.42 Å². The molecule has 1 fully saturated rings. The van der Waals surface area contributed by atoms with Crippen molar-refractivity contribution in [2.24, 2.45) is 5.92 Å². The fourth-order valence-electron chi connectivity index (χ4n) is 3.87. The molecule has 0 saturated carbocycles. The van der Waals surface area contributed by atoms with Gasteiger partial charge in [-0.2, -0.15) is 4.31 Å². The molecule has 0 bridgehead atoms. The van der Waals surface area contributed by atoms with Crippen LogP contribution in [-0.4, -0.2) is 31.7 Å². The molecule has 1 aliphatic heterocycles. The SMILES string of the molecule is Cc1cc(C)c(S(=O)(=O)N2CCC(C(=O)Nc3cccc(Br)c3)CC2)c(C)c1. The Hall–Kier alpha value is -1.70. The van der Waals surface area contributed by atoms with E-state index in [1.807, 2.05) is 57.2 Å². The molecular formula is C21H25BrN2O3S. The number of nitrogens with zero attached hydrogens (tertiary/aromatic N) is 1. The number of amides is 1. The van der Waals surface area contributed by atoms with E-state index in [2.05, 4.69) is 21.2 Å². The maximum Gasteiger partial charge on any atom is 0.243 e. The highest BCUT2D eigenvalue weighted by Gasteiger charge is 2.33. The van der Waals surface area contributed by atoms with Crippen LogP contribution in [0.5, 0.6) is 0 Å². The Bertz CT molecular complexity index is 973. The minimum atomic E-state index is -3.56. The van der Waals surface area contributed by atoms with Crippen molar-refractivity contribution in [3.63, 3.8) is 0 Å².